The van der Waals surface area contributed by atoms with Gasteiger partial charge < -0.3 is 9.88 Å². The lowest BCUT2D eigenvalue weighted by Crippen LogP contribution is -2.22. The highest BCUT2D eigenvalue weighted by atomic mass is 32.2. The van der Waals surface area contributed by atoms with Gasteiger partial charge in [0.2, 0.25) is 5.78 Å². The number of hydrogen-bond donors (Lipinski definition) is 1. The van der Waals surface area contributed by atoms with Gasteiger partial charge in [-0.3, -0.25) is 9.59 Å². The van der Waals surface area contributed by atoms with Crippen molar-refractivity contribution in [3.8, 4) is 0 Å². The number of rotatable bonds is 8. The molecule has 1 amide bonds. The summed E-state index contributed by atoms with van der Waals surface area (Å²) in [4.78, 5) is 30.8. The Morgan fingerprint density at radius 2 is 1.62 bits per heavy atom. The molecule has 4 aromatic rings. The summed E-state index contributed by atoms with van der Waals surface area (Å²) in [5.41, 5.74) is 1.39. The molecule has 1 aliphatic carbocycles. The van der Waals surface area contributed by atoms with Crippen LogP contribution in [0.1, 0.15) is 63.5 Å². The highest BCUT2D eigenvalue weighted by Gasteiger charge is 2.33. The fraction of sp³-hybridized carbons (Fsp3) is 0.250. The minimum Gasteiger partial charge on any atom is -0.348 e. The fourth-order valence-electron chi connectivity index (χ4n) is 4.31. The van der Waals surface area contributed by atoms with E-state index in [1.807, 2.05) is 0 Å². The van der Waals surface area contributed by atoms with Crippen molar-refractivity contribution in [2.75, 3.05) is 5.75 Å². The second kappa shape index (κ2) is 9.96. The van der Waals surface area contributed by atoms with Crippen LogP contribution in [0, 0.1) is 0 Å². The normalized spacial score (nSPS) is 13.9. The first-order valence-corrected chi connectivity index (χ1v) is 14.0. The predicted molar refractivity (Wildman–Crippen MR) is 138 cm³/mol. The van der Waals surface area contributed by atoms with Crippen LogP contribution < -0.4 is 5.32 Å². The molecule has 39 heavy (non-hydrogen) atoms. The number of imidazole rings is 1. The van der Waals surface area contributed by atoms with Gasteiger partial charge >= 0.3 is 6.18 Å². The molecule has 1 fully saturated rings. The number of amides is 1. The van der Waals surface area contributed by atoms with Crippen LogP contribution in [0.15, 0.2) is 71.6 Å². The van der Waals surface area contributed by atoms with Crippen LogP contribution in [0.4, 0.5) is 13.2 Å². The Kier molecular flexibility index (Phi) is 6.79. The largest absolute Gasteiger partial charge is 0.416 e. The zero-order chi connectivity index (χ0) is 27.9. The molecule has 1 heterocycles. The molecule has 0 saturated heterocycles. The van der Waals surface area contributed by atoms with E-state index in [0.29, 0.717) is 16.6 Å². The molecule has 7 nitrogen and oxygen atoms in total. The number of sulfone groups is 1. The average Bonchev–Trinajstić information content (AvgIpc) is 3.70. The summed E-state index contributed by atoms with van der Waals surface area (Å²) in [5.74, 6) is -0.753. The average molecular weight is 556 g/mol. The second-order valence-electron chi connectivity index (χ2n) is 9.37. The van der Waals surface area contributed by atoms with E-state index in [9.17, 15) is 31.2 Å². The van der Waals surface area contributed by atoms with E-state index in [1.165, 1.54) is 12.1 Å². The van der Waals surface area contributed by atoms with Gasteiger partial charge in [-0.2, -0.15) is 13.2 Å². The highest BCUT2D eigenvalue weighted by Crippen LogP contribution is 2.39. The van der Waals surface area contributed by atoms with Crippen LogP contribution >= 0.6 is 0 Å². The summed E-state index contributed by atoms with van der Waals surface area (Å²) in [6.07, 6.45) is -2.81. The van der Waals surface area contributed by atoms with Crippen molar-refractivity contribution in [1.82, 2.24) is 14.9 Å². The number of fused-ring (bicyclic) bond motifs is 1. The third-order valence-corrected chi connectivity index (χ3v) is 8.41. The highest BCUT2D eigenvalue weighted by molar-refractivity contribution is 7.91. The number of carbonyl (C=O) groups excluding carboxylic acids is 2. The zero-order valence-corrected chi connectivity index (χ0v) is 21.6. The topological polar surface area (TPSA) is 98.1 Å². The van der Waals surface area contributed by atoms with Gasteiger partial charge in [0.05, 0.1) is 27.2 Å². The smallest absolute Gasteiger partial charge is 0.348 e. The van der Waals surface area contributed by atoms with E-state index in [4.69, 9.17) is 0 Å². The minimum atomic E-state index is -4.50. The quantitative estimate of drug-likeness (QED) is 0.296. The Labute approximate surface area is 222 Å². The van der Waals surface area contributed by atoms with Gasteiger partial charge in [0, 0.05) is 23.7 Å². The van der Waals surface area contributed by atoms with E-state index in [1.54, 1.807) is 41.8 Å². The molecule has 202 valence electrons. The Morgan fingerprint density at radius 3 is 2.21 bits per heavy atom. The van der Waals surface area contributed by atoms with Crippen molar-refractivity contribution in [2.24, 2.45) is 0 Å². The third-order valence-electron chi connectivity index (χ3n) is 6.66. The first-order valence-electron chi connectivity index (χ1n) is 12.3. The Morgan fingerprint density at radius 1 is 0.974 bits per heavy atom. The third kappa shape index (κ3) is 5.44. The molecule has 0 bridgehead atoms. The molecule has 1 aromatic heterocycles. The second-order valence-corrected chi connectivity index (χ2v) is 11.7. The van der Waals surface area contributed by atoms with Crippen molar-refractivity contribution in [2.45, 2.75) is 43.4 Å². The molecule has 5 rings (SSSR count). The van der Waals surface area contributed by atoms with Gasteiger partial charge in [-0.1, -0.05) is 31.2 Å². The van der Waals surface area contributed by atoms with Crippen LogP contribution in [0.25, 0.3) is 11.0 Å². The van der Waals surface area contributed by atoms with Crippen LogP contribution in [-0.4, -0.2) is 35.4 Å². The van der Waals surface area contributed by atoms with E-state index in [0.717, 1.165) is 42.7 Å². The minimum absolute atomic E-state index is 0.000280. The van der Waals surface area contributed by atoms with Crippen LogP contribution in [0.3, 0.4) is 0 Å². The number of nitrogens with one attached hydrogen (secondary N) is 1. The van der Waals surface area contributed by atoms with E-state index in [-0.39, 0.29) is 40.5 Å². The van der Waals surface area contributed by atoms with Crippen molar-refractivity contribution in [3.63, 3.8) is 0 Å². The lowest BCUT2D eigenvalue weighted by molar-refractivity contribution is -0.137. The number of hydrogen-bond acceptors (Lipinski definition) is 5. The molecule has 1 N–H and O–H groups in total. The first-order chi connectivity index (χ1) is 18.5. The van der Waals surface area contributed by atoms with Crippen LogP contribution in [0.5, 0.6) is 0 Å². The summed E-state index contributed by atoms with van der Waals surface area (Å²) in [6.45, 7) is 1.75. The number of nitrogens with zero attached hydrogens (tertiary/aromatic N) is 2. The standard InChI is InChI=1S/C28H24F3N3O4S/c1-2-39(37,38)22-12-3-17(4-13-22)16-32-27(36)19-7-14-24-23(15-19)33-26(34(24)21-10-11-21)25(35)18-5-8-20(9-6-18)28(29,30)31/h3-9,12-15,21H,2,10-11,16H2,1H3,(H,32,36). The molecule has 1 saturated carbocycles. The molecule has 0 atom stereocenters. The lowest BCUT2D eigenvalue weighted by Gasteiger charge is -2.09. The maximum atomic E-state index is 13.2. The molecule has 1 aliphatic rings. The van der Waals surface area contributed by atoms with Crippen LogP contribution in [-0.2, 0) is 22.6 Å². The maximum absolute atomic E-state index is 13.2. The van der Waals surface area contributed by atoms with Crippen LogP contribution in [0.2, 0.25) is 0 Å². The van der Waals surface area contributed by atoms with Gasteiger partial charge in [-0.15, -0.1) is 0 Å². The van der Waals surface area contributed by atoms with Crippen molar-refractivity contribution < 1.29 is 31.2 Å². The molecule has 11 heteroatoms. The monoisotopic (exact) mass is 555 g/mol. The summed E-state index contributed by atoms with van der Waals surface area (Å²) in [5, 5.41) is 2.79. The molecular formula is C28H24F3N3O4S. The number of benzene rings is 3. The van der Waals surface area contributed by atoms with E-state index >= 15 is 0 Å². The molecule has 0 spiro atoms. The summed E-state index contributed by atoms with van der Waals surface area (Å²) in [6, 6.07) is 15.3. The molecule has 0 aliphatic heterocycles. The van der Waals surface area contributed by atoms with Crippen molar-refractivity contribution >= 4 is 32.6 Å². The van der Waals surface area contributed by atoms with E-state index < -0.39 is 27.4 Å². The fourth-order valence-corrected chi connectivity index (χ4v) is 5.19. The molecule has 3 aromatic carbocycles. The Hall–Kier alpha value is -3.99. The zero-order valence-electron chi connectivity index (χ0n) is 20.8. The lowest BCUT2D eigenvalue weighted by atomic mass is 10.1. The molecule has 0 radical (unpaired) electrons. The Balaban J connectivity index is 1.36. The molecule has 0 unspecified atom stereocenters. The first kappa shape index (κ1) is 26.6. The Bertz CT molecular complexity index is 1670. The van der Waals surface area contributed by atoms with Gasteiger partial charge in [-0.05, 0) is 60.9 Å². The van der Waals surface area contributed by atoms with E-state index in [2.05, 4.69) is 10.3 Å². The van der Waals surface area contributed by atoms with Crippen molar-refractivity contribution in [1.29, 1.82) is 0 Å². The predicted octanol–water partition coefficient (Wildman–Crippen LogP) is 5.34. The number of halogens is 3. The molecular weight excluding hydrogens is 531 g/mol. The summed E-state index contributed by atoms with van der Waals surface area (Å²) in [7, 11) is -3.31. The number of aromatic nitrogens is 2. The van der Waals surface area contributed by atoms with Gasteiger partial charge in [0.1, 0.15) is 0 Å². The van der Waals surface area contributed by atoms with Gasteiger partial charge in [-0.25, -0.2) is 13.4 Å². The van der Waals surface area contributed by atoms with Gasteiger partial charge in [0.25, 0.3) is 5.91 Å². The SMILES string of the molecule is CCS(=O)(=O)c1ccc(CNC(=O)c2ccc3c(c2)nc(C(=O)c2ccc(C(F)(F)F)cc2)n3C2CC2)cc1. The summed E-state index contributed by atoms with van der Waals surface area (Å²) < 4.78 is 64.5. The van der Waals surface area contributed by atoms with Crippen molar-refractivity contribution in [3.05, 3.63) is 94.8 Å². The number of ketones is 1. The maximum Gasteiger partial charge on any atom is 0.416 e. The number of carbonyl (C=O) groups is 2. The van der Waals surface area contributed by atoms with Gasteiger partial charge in [0.15, 0.2) is 15.7 Å². The summed E-state index contributed by atoms with van der Waals surface area (Å²) >= 11 is 0. The number of alkyl halides is 3.